The van der Waals surface area contributed by atoms with Crippen molar-refractivity contribution >= 4 is 23.2 Å². The van der Waals surface area contributed by atoms with E-state index >= 15 is 0 Å². The zero-order chi connectivity index (χ0) is 15.0. The van der Waals surface area contributed by atoms with Crippen molar-refractivity contribution in [2.24, 2.45) is 0 Å². The second kappa shape index (κ2) is 7.93. The smallest absolute Gasteiger partial charge is 0.311 e. The maximum atomic E-state index is 11.1. The van der Waals surface area contributed by atoms with Crippen LogP contribution >= 0.6 is 0 Å². The number of hydrogen-bond donors (Lipinski definition) is 3. The average molecular weight is 281 g/mol. The molecule has 0 aliphatic heterocycles. The predicted molar refractivity (Wildman–Crippen MR) is 76.8 cm³/mol. The van der Waals surface area contributed by atoms with Crippen LogP contribution in [0, 0.1) is 10.1 Å². The fourth-order valence-electron chi connectivity index (χ4n) is 1.50. The SMILES string of the molecule is CCCNc1ccc([N+](=O)[O-])c(NCCC(=O)NC)n1. The van der Waals surface area contributed by atoms with Crippen molar-refractivity contribution in [3.8, 4) is 0 Å². The van der Waals surface area contributed by atoms with Crippen LogP contribution in [0.5, 0.6) is 0 Å². The Hall–Kier alpha value is -2.38. The molecular weight excluding hydrogens is 262 g/mol. The second-order valence-corrected chi connectivity index (χ2v) is 4.10. The van der Waals surface area contributed by atoms with E-state index in [1.165, 1.54) is 6.07 Å². The van der Waals surface area contributed by atoms with Crippen molar-refractivity contribution in [2.45, 2.75) is 19.8 Å². The molecule has 0 saturated carbocycles. The molecule has 3 N–H and O–H groups in total. The summed E-state index contributed by atoms with van der Waals surface area (Å²) in [5.41, 5.74) is -0.107. The Balaban J connectivity index is 2.77. The molecule has 0 spiro atoms. The molecule has 1 aromatic heterocycles. The van der Waals surface area contributed by atoms with Gasteiger partial charge < -0.3 is 16.0 Å². The van der Waals surface area contributed by atoms with Crippen LogP contribution in [0.2, 0.25) is 0 Å². The Morgan fingerprint density at radius 1 is 1.35 bits per heavy atom. The lowest BCUT2D eigenvalue weighted by Gasteiger charge is -2.09. The number of nitro groups is 1. The lowest BCUT2D eigenvalue weighted by atomic mass is 10.3. The maximum Gasteiger partial charge on any atom is 0.311 e. The van der Waals surface area contributed by atoms with Gasteiger partial charge in [0.2, 0.25) is 11.7 Å². The largest absolute Gasteiger partial charge is 0.370 e. The van der Waals surface area contributed by atoms with Crippen molar-refractivity contribution < 1.29 is 9.72 Å². The normalized spacial score (nSPS) is 9.90. The van der Waals surface area contributed by atoms with E-state index < -0.39 is 4.92 Å². The standard InChI is InChI=1S/C12H19N5O3/c1-3-7-14-10-5-4-9(17(19)20)12(16-10)15-8-6-11(18)13-2/h4-5H,3,6-8H2,1-2H3,(H,13,18)(H2,14,15,16). The Morgan fingerprint density at radius 3 is 2.70 bits per heavy atom. The number of aromatic nitrogens is 1. The molecule has 0 aromatic carbocycles. The van der Waals surface area contributed by atoms with E-state index in [1.54, 1.807) is 13.1 Å². The minimum atomic E-state index is -0.501. The summed E-state index contributed by atoms with van der Waals surface area (Å²) in [5, 5.41) is 19.3. The molecule has 8 nitrogen and oxygen atoms in total. The number of carbonyl (C=O) groups excluding carboxylic acids is 1. The monoisotopic (exact) mass is 281 g/mol. The Labute approximate surface area is 117 Å². The van der Waals surface area contributed by atoms with Crippen LogP contribution in [0.4, 0.5) is 17.3 Å². The molecule has 1 aromatic rings. The fraction of sp³-hybridized carbons (Fsp3) is 0.500. The summed E-state index contributed by atoms with van der Waals surface area (Å²) in [6, 6.07) is 2.96. The van der Waals surface area contributed by atoms with Crippen LogP contribution in [-0.4, -0.2) is 36.0 Å². The van der Waals surface area contributed by atoms with Crippen LogP contribution in [-0.2, 0) is 4.79 Å². The summed E-state index contributed by atoms with van der Waals surface area (Å²) in [7, 11) is 1.54. The molecular formula is C12H19N5O3. The molecule has 1 heterocycles. The molecule has 110 valence electrons. The highest BCUT2D eigenvalue weighted by Gasteiger charge is 2.15. The molecule has 20 heavy (non-hydrogen) atoms. The molecule has 0 bridgehead atoms. The van der Waals surface area contributed by atoms with Gasteiger partial charge in [-0.3, -0.25) is 14.9 Å². The van der Waals surface area contributed by atoms with E-state index in [2.05, 4.69) is 20.9 Å². The van der Waals surface area contributed by atoms with Crippen LogP contribution in [0.15, 0.2) is 12.1 Å². The van der Waals surface area contributed by atoms with Gasteiger partial charge in [-0.05, 0) is 12.5 Å². The first kappa shape index (κ1) is 15.7. The highest BCUT2D eigenvalue weighted by molar-refractivity contribution is 5.76. The highest BCUT2D eigenvalue weighted by Crippen LogP contribution is 2.23. The number of carbonyl (C=O) groups is 1. The number of nitrogens with one attached hydrogen (secondary N) is 3. The van der Waals surface area contributed by atoms with Crippen molar-refractivity contribution in [2.75, 3.05) is 30.8 Å². The Kier molecular flexibility index (Phi) is 6.21. The molecule has 0 aliphatic carbocycles. The third-order valence-electron chi connectivity index (χ3n) is 2.55. The molecule has 8 heteroatoms. The van der Waals surface area contributed by atoms with Crippen LogP contribution < -0.4 is 16.0 Å². The average Bonchev–Trinajstić information content (AvgIpc) is 2.44. The van der Waals surface area contributed by atoms with Gasteiger partial charge >= 0.3 is 5.69 Å². The van der Waals surface area contributed by atoms with Gasteiger partial charge in [-0.1, -0.05) is 6.92 Å². The van der Waals surface area contributed by atoms with Crippen molar-refractivity contribution in [3.63, 3.8) is 0 Å². The minimum Gasteiger partial charge on any atom is -0.370 e. The number of rotatable bonds is 8. The van der Waals surface area contributed by atoms with E-state index in [4.69, 9.17) is 0 Å². The number of hydrogen-bond acceptors (Lipinski definition) is 6. The topological polar surface area (TPSA) is 109 Å². The first-order chi connectivity index (χ1) is 9.58. The van der Waals surface area contributed by atoms with E-state index in [9.17, 15) is 14.9 Å². The first-order valence-corrected chi connectivity index (χ1v) is 6.42. The van der Waals surface area contributed by atoms with Gasteiger partial charge in [0.05, 0.1) is 4.92 Å². The zero-order valence-corrected chi connectivity index (χ0v) is 11.6. The van der Waals surface area contributed by atoms with E-state index in [1.807, 2.05) is 6.92 Å². The van der Waals surface area contributed by atoms with Crippen LogP contribution in [0.25, 0.3) is 0 Å². The Morgan fingerprint density at radius 2 is 2.10 bits per heavy atom. The summed E-state index contributed by atoms with van der Waals surface area (Å²) in [6.45, 7) is 3.04. The van der Waals surface area contributed by atoms with Gasteiger partial charge in [-0.2, -0.15) is 0 Å². The summed E-state index contributed by atoms with van der Waals surface area (Å²) in [4.78, 5) is 25.7. The van der Waals surface area contributed by atoms with Crippen molar-refractivity contribution in [3.05, 3.63) is 22.2 Å². The highest BCUT2D eigenvalue weighted by atomic mass is 16.6. The van der Waals surface area contributed by atoms with Gasteiger partial charge in [0.15, 0.2) is 0 Å². The summed E-state index contributed by atoms with van der Waals surface area (Å²) in [6.07, 6.45) is 1.15. The lowest BCUT2D eigenvalue weighted by Crippen LogP contribution is -2.21. The molecule has 0 atom stereocenters. The van der Waals surface area contributed by atoms with Crippen LogP contribution in [0.3, 0.4) is 0 Å². The molecule has 0 fully saturated rings. The minimum absolute atomic E-state index is 0.107. The number of anilines is 2. The quantitative estimate of drug-likeness (QED) is 0.490. The number of amides is 1. The number of nitrogens with zero attached hydrogens (tertiary/aromatic N) is 2. The zero-order valence-electron chi connectivity index (χ0n) is 11.6. The maximum absolute atomic E-state index is 11.1. The van der Waals surface area contributed by atoms with E-state index in [0.29, 0.717) is 5.82 Å². The van der Waals surface area contributed by atoms with Gasteiger partial charge in [-0.15, -0.1) is 0 Å². The summed E-state index contributed by atoms with van der Waals surface area (Å²) < 4.78 is 0. The number of pyridine rings is 1. The molecule has 0 radical (unpaired) electrons. The molecule has 1 rings (SSSR count). The van der Waals surface area contributed by atoms with Gasteiger partial charge in [0.25, 0.3) is 0 Å². The van der Waals surface area contributed by atoms with Gasteiger partial charge in [-0.25, -0.2) is 4.98 Å². The van der Waals surface area contributed by atoms with Crippen molar-refractivity contribution in [1.82, 2.24) is 10.3 Å². The summed E-state index contributed by atoms with van der Waals surface area (Å²) in [5.74, 6) is 0.598. The molecule has 0 unspecified atom stereocenters. The van der Waals surface area contributed by atoms with E-state index in [-0.39, 0.29) is 30.4 Å². The van der Waals surface area contributed by atoms with Crippen molar-refractivity contribution in [1.29, 1.82) is 0 Å². The van der Waals surface area contributed by atoms with Gasteiger partial charge in [0.1, 0.15) is 5.82 Å². The Bertz CT molecular complexity index is 478. The fourth-order valence-corrected chi connectivity index (χ4v) is 1.50. The lowest BCUT2D eigenvalue weighted by molar-refractivity contribution is -0.384. The third kappa shape index (κ3) is 4.71. The first-order valence-electron chi connectivity index (χ1n) is 6.42. The second-order valence-electron chi connectivity index (χ2n) is 4.10. The van der Waals surface area contributed by atoms with Gasteiger partial charge in [0, 0.05) is 32.6 Å². The molecule has 0 aliphatic rings. The third-order valence-corrected chi connectivity index (χ3v) is 2.55. The van der Waals surface area contributed by atoms with E-state index in [0.717, 1.165) is 13.0 Å². The molecule has 0 saturated heterocycles. The molecule has 1 amide bonds. The predicted octanol–water partition coefficient (Wildman–Crippen LogP) is 1.36. The van der Waals surface area contributed by atoms with Crippen LogP contribution in [0.1, 0.15) is 19.8 Å². The summed E-state index contributed by atoms with van der Waals surface area (Å²) >= 11 is 0.